The second-order valence-corrected chi connectivity index (χ2v) is 6.17. The van der Waals surface area contributed by atoms with E-state index in [1.54, 1.807) is 0 Å². The molecule has 1 aliphatic rings. The molecule has 0 aliphatic heterocycles. The molecule has 3 rings (SSSR count). The van der Waals surface area contributed by atoms with Crippen molar-refractivity contribution in [1.82, 2.24) is 14.9 Å². The van der Waals surface area contributed by atoms with E-state index in [1.807, 2.05) is 36.7 Å². The van der Waals surface area contributed by atoms with Gasteiger partial charge in [0.1, 0.15) is 5.82 Å². The highest BCUT2D eigenvalue weighted by Crippen LogP contribution is 2.38. The van der Waals surface area contributed by atoms with Crippen LogP contribution in [-0.2, 0) is 17.8 Å². The first-order valence-corrected chi connectivity index (χ1v) is 8.12. The molecule has 0 unspecified atom stereocenters. The van der Waals surface area contributed by atoms with Crippen molar-refractivity contribution >= 4 is 17.5 Å². The quantitative estimate of drug-likeness (QED) is 0.852. The van der Waals surface area contributed by atoms with Gasteiger partial charge < -0.3 is 9.88 Å². The van der Waals surface area contributed by atoms with E-state index in [9.17, 15) is 4.79 Å². The van der Waals surface area contributed by atoms with Crippen molar-refractivity contribution in [3.8, 4) is 0 Å². The number of rotatable bonds is 7. The molecular formula is C17H20ClN3O. The van der Waals surface area contributed by atoms with E-state index in [-0.39, 0.29) is 5.91 Å². The van der Waals surface area contributed by atoms with E-state index in [0.717, 1.165) is 17.9 Å². The molecule has 1 amide bonds. The molecule has 116 valence electrons. The number of nitrogens with one attached hydrogen (secondary N) is 1. The molecule has 2 aromatic rings. The normalized spacial score (nSPS) is 14.0. The van der Waals surface area contributed by atoms with Crippen molar-refractivity contribution in [2.75, 3.05) is 6.54 Å². The third-order valence-corrected chi connectivity index (χ3v) is 4.13. The highest BCUT2D eigenvalue weighted by Gasteiger charge is 2.27. The SMILES string of the molecule is O=C(CCc1cccc(Cl)c1)NCCn1ccnc1C1CC1. The second kappa shape index (κ2) is 6.97. The first-order chi connectivity index (χ1) is 10.7. The van der Waals surface area contributed by atoms with Gasteiger partial charge in [-0.1, -0.05) is 23.7 Å². The summed E-state index contributed by atoms with van der Waals surface area (Å²) in [7, 11) is 0. The zero-order valence-electron chi connectivity index (χ0n) is 12.5. The summed E-state index contributed by atoms with van der Waals surface area (Å²) in [6.45, 7) is 1.43. The number of carbonyl (C=O) groups excluding carboxylic acids is 1. The largest absolute Gasteiger partial charge is 0.354 e. The Hall–Kier alpha value is -1.81. The van der Waals surface area contributed by atoms with Crippen LogP contribution in [0.25, 0.3) is 0 Å². The fourth-order valence-corrected chi connectivity index (χ4v) is 2.78. The maximum atomic E-state index is 11.9. The van der Waals surface area contributed by atoms with Crippen molar-refractivity contribution in [3.05, 3.63) is 53.1 Å². The van der Waals surface area contributed by atoms with Crippen molar-refractivity contribution in [2.45, 2.75) is 38.1 Å². The maximum absolute atomic E-state index is 11.9. The van der Waals surface area contributed by atoms with E-state index < -0.39 is 0 Å². The van der Waals surface area contributed by atoms with E-state index in [0.29, 0.717) is 30.3 Å². The standard InChI is InChI=1S/C17H20ClN3O/c18-15-3-1-2-13(12-15)4-7-16(22)19-8-10-21-11-9-20-17(21)14-5-6-14/h1-3,9,11-12,14H,4-8,10H2,(H,19,22). The lowest BCUT2D eigenvalue weighted by molar-refractivity contribution is -0.121. The van der Waals surface area contributed by atoms with E-state index in [1.165, 1.54) is 12.8 Å². The number of hydrogen-bond donors (Lipinski definition) is 1. The van der Waals surface area contributed by atoms with Gasteiger partial charge in [0.25, 0.3) is 0 Å². The van der Waals surface area contributed by atoms with Gasteiger partial charge >= 0.3 is 0 Å². The van der Waals surface area contributed by atoms with Gasteiger partial charge in [0.15, 0.2) is 0 Å². The summed E-state index contributed by atoms with van der Waals surface area (Å²) in [6.07, 6.45) is 7.51. The van der Waals surface area contributed by atoms with Crippen LogP contribution in [0.1, 0.15) is 36.6 Å². The van der Waals surface area contributed by atoms with Crippen LogP contribution in [0, 0.1) is 0 Å². The Bertz CT molecular complexity index is 649. The number of amides is 1. The van der Waals surface area contributed by atoms with Crippen molar-refractivity contribution in [3.63, 3.8) is 0 Å². The minimum absolute atomic E-state index is 0.0769. The van der Waals surface area contributed by atoms with Gasteiger partial charge in [0, 0.05) is 42.8 Å². The average Bonchev–Trinajstić information content (AvgIpc) is 3.25. The zero-order chi connectivity index (χ0) is 15.4. The fraction of sp³-hybridized carbons (Fsp3) is 0.412. The third kappa shape index (κ3) is 4.10. The molecule has 0 radical (unpaired) electrons. The Morgan fingerprint density at radius 1 is 1.41 bits per heavy atom. The van der Waals surface area contributed by atoms with Crippen LogP contribution >= 0.6 is 11.6 Å². The predicted molar refractivity (Wildman–Crippen MR) is 87.0 cm³/mol. The maximum Gasteiger partial charge on any atom is 0.220 e. The van der Waals surface area contributed by atoms with Gasteiger partial charge in [-0.25, -0.2) is 4.98 Å². The second-order valence-electron chi connectivity index (χ2n) is 5.73. The Morgan fingerprint density at radius 3 is 3.05 bits per heavy atom. The molecular weight excluding hydrogens is 298 g/mol. The van der Waals surface area contributed by atoms with Crippen LogP contribution in [-0.4, -0.2) is 22.0 Å². The number of carbonyl (C=O) groups is 1. The van der Waals surface area contributed by atoms with Crippen LogP contribution in [0.4, 0.5) is 0 Å². The Morgan fingerprint density at radius 2 is 2.27 bits per heavy atom. The van der Waals surface area contributed by atoms with Crippen LogP contribution in [0.3, 0.4) is 0 Å². The van der Waals surface area contributed by atoms with Crippen molar-refractivity contribution in [2.24, 2.45) is 0 Å². The number of hydrogen-bond acceptors (Lipinski definition) is 2. The molecule has 4 nitrogen and oxygen atoms in total. The molecule has 0 saturated heterocycles. The molecule has 1 aliphatic carbocycles. The molecule has 1 saturated carbocycles. The first-order valence-electron chi connectivity index (χ1n) is 7.74. The topological polar surface area (TPSA) is 46.9 Å². The summed E-state index contributed by atoms with van der Waals surface area (Å²) in [5.41, 5.74) is 1.09. The molecule has 1 fully saturated rings. The smallest absolute Gasteiger partial charge is 0.220 e. The third-order valence-electron chi connectivity index (χ3n) is 3.89. The lowest BCUT2D eigenvalue weighted by Crippen LogP contribution is -2.27. The molecule has 1 heterocycles. The van der Waals surface area contributed by atoms with Crippen LogP contribution in [0.5, 0.6) is 0 Å². The number of nitrogens with zero attached hydrogens (tertiary/aromatic N) is 2. The summed E-state index contributed by atoms with van der Waals surface area (Å²) < 4.78 is 2.15. The number of aromatic nitrogens is 2. The molecule has 1 aromatic heterocycles. The zero-order valence-corrected chi connectivity index (χ0v) is 13.2. The van der Waals surface area contributed by atoms with E-state index in [4.69, 9.17) is 11.6 Å². The molecule has 0 bridgehead atoms. The Balaban J connectivity index is 1.40. The lowest BCUT2D eigenvalue weighted by Gasteiger charge is -2.09. The monoisotopic (exact) mass is 317 g/mol. The van der Waals surface area contributed by atoms with E-state index in [2.05, 4.69) is 14.9 Å². The van der Waals surface area contributed by atoms with Gasteiger partial charge in [0.2, 0.25) is 5.91 Å². The number of imidazole rings is 1. The average molecular weight is 318 g/mol. The van der Waals surface area contributed by atoms with Gasteiger partial charge in [0.05, 0.1) is 0 Å². The molecule has 0 spiro atoms. The van der Waals surface area contributed by atoms with Crippen molar-refractivity contribution < 1.29 is 4.79 Å². The molecule has 22 heavy (non-hydrogen) atoms. The van der Waals surface area contributed by atoms with Gasteiger partial charge in [-0.2, -0.15) is 0 Å². The Labute approximate surface area is 135 Å². The van der Waals surface area contributed by atoms with Crippen LogP contribution in [0.15, 0.2) is 36.7 Å². The van der Waals surface area contributed by atoms with Crippen LogP contribution in [0.2, 0.25) is 5.02 Å². The van der Waals surface area contributed by atoms with Gasteiger partial charge in [-0.15, -0.1) is 0 Å². The summed E-state index contributed by atoms with van der Waals surface area (Å²) in [5.74, 6) is 1.87. The minimum atomic E-state index is 0.0769. The van der Waals surface area contributed by atoms with Crippen LogP contribution < -0.4 is 5.32 Å². The lowest BCUT2D eigenvalue weighted by atomic mass is 10.1. The molecule has 1 N–H and O–H groups in total. The first kappa shape index (κ1) is 15.1. The molecule has 1 aromatic carbocycles. The van der Waals surface area contributed by atoms with Crippen molar-refractivity contribution in [1.29, 1.82) is 0 Å². The number of halogens is 1. The summed E-state index contributed by atoms with van der Waals surface area (Å²) in [6, 6.07) is 7.65. The minimum Gasteiger partial charge on any atom is -0.354 e. The highest BCUT2D eigenvalue weighted by molar-refractivity contribution is 6.30. The summed E-state index contributed by atoms with van der Waals surface area (Å²) in [4.78, 5) is 16.3. The fourth-order valence-electron chi connectivity index (χ4n) is 2.57. The molecule has 5 heteroatoms. The Kier molecular flexibility index (Phi) is 4.78. The van der Waals surface area contributed by atoms with Gasteiger partial charge in [-0.05, 0) is 37.0 Å². The van der Waals surface area contributed by atoms with E-state index >= 15 is 0 Å². The molecule has 0 atom stereocenters. The number of benzene rings is 1. The predicted octanol–water partition coefficient (Wildman–Crippen LogP) is 3.16. The summed E-state index contributed by atoms with van der Waals surface area (Å²) in [5, 5.41) is 3.69. The number of aryl methyl sites for hydroxylation is 1. The summed E-state index contributed by atoms with van der Waals surface area (Å²) >= 11 is 5.94. The highest BCUT2D eigenvalue weighted by atomic mass is 35.5. The van der Waals surface area contributed by atoms with Gasteiger partial charge in [-0.3, -0.25) is 4.79 Å².